The van der Waals surface area contributed by atoms with Gasteiger partial charge in [0.05, 0.1) is 0 Å². The number of rotatable bonds is 5. The van der Waals surface area contributed by atoms with Crippen molar-refractivity contribution in [2.75, 3.05) is 0 Å². The third-order valence-electron chi connectivity index (χ3n) is 10.9. The molecule has 4 heterocycles. The van der Waals surface area contributed by atoms with Crippen molar-refractivity contribution in [1.29, 1.82) is 0 Å². The fourth-order valence-corrected chi connectivity index (χ4v) is 9.49. The Kier molecular flexibility index (Phi) is 7.03. The molecule has 5 nitrogen and oxygen atoms in total. The number of thiophene rings is 1. The van der Waals surface area contributed by atoms with Gasteiger partial charge in [-0.05, 0) is 70.8 Å². The van der Waals surface area contributed by atoms with Crippen molar-refractivity contribution in [2.45, 2.75) is 0 Å². The van der Waals surface area contributed by atoms with Crippen molar-refractivity contribution in [3.8, 4) is 56.4 Å². The van der Waals surface area contributed by atoms with Crippen molar-refractivity contribution in [3.05, 3.63) is 176 Å². The molecule has 0 saturated heterocycles. The molecule has 57 heavy (non-hydrogen) atoms. The number of aromatic nitrogens is 3. The van der Waals surface area contributed by atoms with Crippen LogP contribution < -0.4 is 0 Å². The van der Waals surface area contributed by atoms with Gasteiger partial charge in [-0.2, -0.15) is 0 Å². The topological polar surface area (TPSA) is 65.0 Å². The van der Waals surface area contributed by atoms with Gasteiger partial charge in [0, 0.05) is 58.4 Å². The monoisotopic (exact) mass is 747 g/mol. The van der Waals surface area contributed by atoms with Crippen molar-refractivity contribution in [3.63, 3.8) is 0 Å². The summed E-state index contributed by atoms with van der Waals surface area (Å²) in [5.74, 6) is 1.83. The molecule has 0 N–H and O–H groups in total. The molecular formula is C51H29N3O2S. The number of hydrogen-bond acceptors (Lipinski definition) is 6. The zero-order valence-electron chi connectivity index (χ0n) is 30.3. The van der Waals surface area contributed by atoms with Crippen LogP contribution in [0.3, 0.4) is 0 Å². The van der Waals surface area contributed by atoms with Crippen molar-refractivity contribution >= 4 is 75.4 Å². The maximum atomic E-state index is 6.70. The van der Waals surface area contributed by atoms with Crippen LogP contribution in [0.15, 0.2) is 185 Å². The highest BCUT2D eigenvalue weighted by atomic mass is 32.1. The molecule has 0 aliphatic rings. The van der Waals surface area contributed by atoms with E-state index in [0.29, 0.717) is 17.5 Å². The number of benzene rings is 8. The number of fused-ring (bicyclic) bond motifs is 9. The second kappa shape index (κ2) is 12.6. The number of nitrogens with zero attached hydrogens (tertiary/aromatic N) is 3. The normalized spacial score (nSPS) is 11.9. The Balaban J connectivity index is 1.07. The summed E-state index contributed by atoms with van der Waals surface area (Å²) in [6.07, 6.45) is 0. The Hall–Kier alpha value is -7.41. The molecule has 0 aliphatic carbocycles. The van der Waals surface area contributed by atoms with Crippen LogP contribution in [0.4, 0.5) is 0 Å². The molecule has 266 valence electrons. The number of para-hydroxylation sites is 1. The van der Waals surface area contributed by atoms with Gasteiger partial charge < -0.3 is 8.83 Å². The maximum Gasteiger partial charge on any atom is 0.164 e. The summed E-state index contributed by atoms with van der Waals surface area (Å²) in [6.45, 7) is 0. The van der Waals surface area contributed by atoms with Crippen LogP contribution in [0.1, 0.15) is 0 Å². The first-order chi connectivity index (χ1) is 28.2. The standard InChI is InChI=1S/C51H29N3O2S/c1-3-13-30(14-4-1)49-52-50(31-15-5-2-6-16-31)54-51(53-49)38-20-11-22-41-46(38)36-26-25-32(28-42(36)56-41)39-27-33(29-43-47(39)35-17-7-9-21-40(35)55-43)34-19-12-24-45-48(34)37-18-8-10-23-44(37)57-45/h1-29H. The van der Waals surface area contributed by atoms with Gasteiger partial charge in [-0.3, -0.25) is 0 Å². The summed E-state index contributed by atoms with van der Waals surface area (Å²) in [7, 11) is 0. The van der Waals surface area contributed by atoms with Gasteiger partial charge >= 0.3 is 0 Å². The van der Waals surface area contributed by atoms with E-state index in [0.717, 1.165) is 77.3 Å². The molecule has 12 aromatic rings. The maximum absolute atomic E-state index is 6.70. The fraction of sp³-hybridized carbons (Fsp3) is 0. The number of furan rings is 2. The Morgan fingerprint density at radius 2 is 0.895 bits per heavy atom. The van der Waals surface area contributed by atoms with Gasteiger partial charge in [0.2, 0.25) is 0 Å². The van der Waals surface area contributed by atoms with Crippen LogP contribution in [-0.2, 0) is 0 Å². The average Bonchev–Trinajstić information content (AvgIpc) is 3.97. The molecule has 0 saturated carbocycles. The number of hydrogen-bond donors (Lipinski definition) is 0. The van der Waals surface area contributed by atoms with Crippen LogP contribution in [0.2, 0.25) is 0 Å². The van der Waals surface area contributed by atoms with E-state index < -0.39 is 0 Å². The van der Waals surface area contributed by atoms with Crippen molar-refractivity contribution < 1.29 is 8.83 Å². The second-order valence-electron chi connectivity index (χ2n) is 14.3. The Morgan fingerprint density at radius 3 is 1.70 bits per heavy atom. The molecule has 0 atom stereocenters. The summed E-state index contributed by atoms with van der Waals surface area (Å²) in [6, 6.07) is 60.9. The minimum atomic E-state index is 0.592. The first-order valence-electron chi connectivity index (χ1n) is 18.9. The summed E-state index contributed by atoms with van der Waals surface area (Å²) >= 11 is 1.83. The van der Waals surface area contributed by atoms with Crippen LogP contribution >= 0.6 is 11.3 Å². The van der Waals surface area contributed by atoms with E-state index in [1.165, 1.54) is 25.7 Å². The third kappa shape index (κ3) is 5.12. The van der Waals surface area contributed by atoms with Gasteiger partial charge in [-0.1, -0.05) is 127 Å². The van der Waals surface area contributed by atoms with Crippen molar-refractivity contribution in [1.82, 2.24) is 15.0 Å². The van der Waals surface area contributed by atoms with Gasteiger partial charge in [-0.15, -0.1) is 11.3 Å². The molecule has 0 unspecified atom stereocenters. The van der Waals surface area contributed by atoms with Gasteiger partial charge in [0.15, 0.2) is 17.5 Å². The summed E-state index contributed by atoms with van der Waals surface area (Å²) in [4.78, 5) is 15.0. The highest BCUT2D eigenvalue weighted by Gasteiger charge is 2.21. The zero-order chi connectivity index (χ0) is 37.5. The molecule has 6 heteroatoms. The lowest BCUT2D eigenvalue weighted by atomic mass is 9.92. The van der Waals surface area contributed by atoms with E-state index in [-0.39, 0.29) is 0 Å². The zero-order valence-corrected chi connectivity index (χ0v) is 31.1. The van der Waals surface area contributed by atoms with Crippen LogP contribution in [0, 0.1) is 0 Å². The summed E-state index contributed by atoms with van der Waals surface area (Å²) < 4.78 is 15.9. The second-order valence-corrected chi connectivity index (χ2v) is 15.4. The average molecular weight is 748 g/mol. The van der Waals surface area contributed by atoms with Gasteiger partial charge in [0.25, 0.3) is 0 Å². The first kappa shape index (κ1) is 31.9. The Bertz CT molecular complexity index is 3470. The van der Waals surface area contributed by atoms with E-state index in [2.05, 4.69) is 91.0 Å². The molecule has 0 bridgehead atoms. The molecule has 8 aromatic carbocycles. The molecule has 12 rings (SSSR count). The largest absolute Gasteiger partial charge is 0.456 e. The lowest BCUT2D eigenvalue weighted by Gasteiger charge is -2.11. The molecule has 0 aliphatic heterocycles. The van der Waals surface area contributed by atoms with Gasteiger partial charge in [0.1, 0.15) is 22.3 Å². The van der Waals surface area contributed by atoms with E-state index in [1.54, 1.807) is 0 Å². The fourth-order valence-electron chi connectivity index (χ4n) is 8.36. The predicted octanol–water partition coefficient (Wildman–Crippen LogP) is 14.4. The first-order valence-corrected chi connectivity index (χ1v) is 19.7. The van der Waals surface area contributed by atoms with Gasteiger partial charge in [-0.25, -0.2) is 15.0 Å². The van der Waals surface area contributed by atoms with Crippen LogP contribution in [-0.4, -0.2) is 15.0 Å². The quantitative estimate of drug-likeness (QED) is 0.175. The lowest BCUT2D eigenvalue weighted by Crippen LogP contribution is -2.00. The van der Waals surface area contributed by atoms with E-state index >= 15 is 0 Å². The molecular weight excluding hydrogens is 719 g/mol. The molecule has 4 aromatic heterocycles. The minimum Gasteiger partial charge on any atom is -0.456 e. The summed E-state index contributed by atoms with van der Waals surface area (Å²) in [5.41, 5.74) is 10.4. The minimum absolute atomic E-state index is 0.592. The van der Waals surface area contributed by atoms with Crippen LogP contribution in [0.25, 0.3) is 120 Å². The van der Waals surface area contributed by atoms with Crippen molar-refractivity contribution in [2.24, 2.45) is 0 Å². The van der Waals surface area contributed by atoms with E-state index in [9.17, 15) is 0 Å². The van der Waals surface area contributed by atoms with E-state index in [1.807, 2.05) is 96.3 Å². The summed E-state index contributed by atoms with van der Waals surface area (Å²) in [5, 5.41) is 6.66. The van der Waals surface area contributed by atoms with Crippen LogP contribution in [0.5, 0.6) is 0 Å². The van der Waals surface area contributed by atoms with E-state index in [4.69, 9.17) is 23.8 Å². The third-order valence-corrected chi connectivity index (χ3v) is 12.1. The highest BCUT2D eigenvalue weighted by molar-refractivity contribution is 7.25. The molecule has 0 radical (unpaired) electrons. The highest BCUT2D eigenvalue weighted by Crippen LogP contribution is 2.46. The molecule has 0 spiro atoms. The SMILES string of the molecule is c1ccc(-c2nc(-c3ccccc3)nc(-c3cccc4oc5cc(-c6cc(-c7cccc8sc9ccccc9c78)cc7oc8ccccc8c67)ccc5c34)n2)cc1. The Labute approximate surface area is 330 Å². The molecule has 0 amide bonds. The smallest absolute Gasteiger partial charge is 0.164 e. The molecule has 0 fully saturated rings. The lowest BCUT2D eigenvalue weighted by molar-refractivity contribution is 0.668. The Morgan fingerprint density at radius 1 is 0.316 bits per heavy atom. The predicted molar refractivity (Wildman–Crippen MR) is 234 cm³/mol.